The van der Waals surface area contributed by atoms with Crippen LogP contribution in [0.5, 0.6) is 0 Å². The Labute approximate surface area is 89.0 Å². The van der Waals surface area contributed by atoms with Crippen LogP contribution in [0.2, 0.25) is 5.02 Å². The molecule has 0 aliphatic carbocycles. The van der Waals surface area contributed by atoms with E-state index in [1.807, 2.05) is 24.3 Å². The van der Waals surface area contributed by atoms with E-state index in [1.165, 1.54) is 0 Å². The quantitative estimate of drug-likeness (QED) is 0.743. The van der Waals surface area contributed by atoms with Crippen LogP contribution in [0.3, 0.4) is 0 Å². The average molecular weight is 216 g/mol. The van der Waals surface area contributed by atoms with Crippen LogP contribution in [0.25, 0.3) is 0 Å². The number of hydrogen-bond acceptors (Lipinski definition) is 2. The van der Waals surface area contributed by atoms with E-state index < -0.39 is 0 Å². The van der Waals surface area contributed by atoms with Crippen molar-refractivity contribution in [2.75, 3.05) is 4.72 Å². The smallest absolute Gasteiger partial charge is 0.0645 e. The Hall–Kier alpha value is -0.340. The molecule has 0 atom stereocenters. The van der Waals surface area contributed by atoms with E-state index in [4.69, 9.17) is 11.6 Å². The van der Waals surface area contributed by atoms with Gasteiger partial charge in [-0.15, -0.1) is 0 Å². The number of para-hydroxylation sites is 1. The van der Waals surface area contributed by atoms with E-state index >= 15 is 0 Å². The summed E-state index contributed by atoms with van der Waals surface area (Å²) in [6, 6.07) is 7.75. The molecule has 1 aromatic carbocycles. The van der Waals surface area contributed by atoms with Crippen molar-refractivity contribution in [3.8, 4) is 0 Å². The Morgan fingerprint density at radius 2 is 1.85 bits per heavy atom. The zero-order chi connectivity index (χ0) is 9.90. The number of nitrogens with one attached hydrogen (secondary N) is 1. The van der Waals surface area contributed by atoms with Gasteiger partial charge in [-0.3, -0.25) is 0 Å². The molecule has 0 spiro atoms. The summed E-state index contributed by atoms with van der Waals surface area (Å²) in [6.07, 6.45) is 0. The molecule has 1 aromatic rings. The van der Waals surface area contributed by atoms with Gasteiger partial charge in [-0.2, -0.15) is 0 Å². The van der Waals surface area contributed by atoms with Crippen molar-refractivity contribution in [3.05, 3.63) is 29.3 Å². The van der Waals surface area contributed by atoms with Crippen molar-refractivity contribution in [2.45, 2.75) is 25.5 Å². The minimum absolute atomic E-state index is 0.194. The van der Waals surface area contributed by atoms with Gasteiger partial charge in [-0.1, -0.05) is 23.7 Å². The zero-order valence-corrected chi connectivity index (χ0v) is 9.67. The zero-order valence-electron chi connectivity index (χ0n) is 8.10. The first-order chi connectivity index (χ1) is 5.99. The summed E-state index contributed by atoms with van der Waals surface area (Å²) in [5.74, 6) is 0. The van der Waals surface area contributed by atoms with Crippen LogP contribution in [-0.4, -0.2) is 4.75 Å². The first-order valence-electron chi connectivity index (χ1n) is 4.17. The lowest BCUT2D eigenvalue weighted by Crippen LogP contribution is -2.10. The molecule has 1 N–H and O–H groups in total. The Balaban J connectivity index is 2.60. The van der Waals surface area contributed by atoms with Crippen molar-refractivity contribution >= 4 is 29.2 Å². The fourth-order valence-electron chi connectivity index (χ4n) is 0.752. The lowest BCUT2D eigenvalue weighted by molar-refractivity contribution is 0.806. The summed E-state index contributed by atoms with van der Waals surface area (Å²) in [6.45, 7) is 6.46. The van der Waals surface area contributed by atoms with Gasteiger partial charge >= 0.3 is 0 Å². The Morgan fingerprint density at radius 1 is 1.23 bits per heavy atom. The van der Waals surface area contributed by atoms with Gasteiger partial charge in [-0.25, -0.2) is 0 Å². The molecule has 0 aromatic heterocycles. The largest absolute Gasteiger partial charge is 0.328 e. The van der Waals surface area contributed by atoms with Crippen molar-refractivity contribution in [2.24, 2.45) is 0 Å². The van der Waals surface area contributed by atoms with E-state index in [9.17, 15) is 0 Å². The average Bonchev–Trinajstić information content (AvgIpc) is 2.01. The number of benzene rings is 1. The maximum absolute atomic E-state index is 5.98. The predicted octanol–water partition coefficient (Wildman–Crippen LogP) is 4.20. The van der Waals surface area contributed by atoms with Gasteiger partial charge < -0.3 is 4.72 Å². The molecule has 0 bridgehead atoms. The molecule has 13 heavy (non-hydrogen) atoms. The maximum Gasteiger partial charge on any atom is 0.0645 e. The molecule has 0 saturated heterocycles. The van der Waals surface area contributed by atoms with Gasteiger partial charge in [-0.05, 0) is 44.9 Å². The minimum Gasteiger partial charge on any atom is -0.328 e. The molecular weight excluding hydrogens is 202 g/mol. The highest BCUT2D eigenvalue weighted by atomic mass is 35.5. The summed E-state index contributed by atoms with van der Waals surface area (Å²) in [7, 11) is 0. The third-order valence-corrected chi connectivity index (χ3v) is 2.60. The highest BCUT2D eigenvalue weighted by Crippen LogP contribution is 2.29. The summed E-state index contributed by atoms with van der Waals surface area (Å²) < 4.78 is 3.43. The standard InChI is InChI=1S/C10H14ClNS/c1-10(2,3)13-12-9-7-5-4-6-8(9)11/h4-7,12H,1-3H3. The molecule has 0 aliphatic rings. The lowest BCUT2D eigenvalue weighted by atomic mass is 10.3. The predicted molar refractivity (Wildman–Crippen MR) is 62.4 cm³/mol. The number of hydrogen-bond donors (Lipinski definition) is 1. The molecule has 0 amide bonds. The van der Waals surface area contributed by atoms with Gasteiger partial charge in [0.25, 0.3) is 0 Å². The normalized spacial score (nSPS) is 11.4. The molecular formula is C10H14ClNS. The molecule has 0 radical (unpaired) electrons. The monoisotopic (exact) mass is 215 g/mol. The molecule has 0 heterocycles. The minimum atomic E-state index is 0.194. The summed E-state index contributed by atoms with van der Waals surface area (Å²) in [4.78, 5) is 0. The van der Waals surface area contributed by atoms with Crippen LogP contribution in [-0.2, 0) is 0 Å². The molecule has 1 nitrogen and oxygen atoms in total. The third kappa shape index (κ3) is 3.92. The van der Waals surface area contributed by atoms with Gasteiger partial charge in [0.15, 0.2) is 0 Å². The van der Waals surface area contributed by atoms with Gasteiger partial charge in [0, 0.05) is 4.75 Å². The highest BCUT2D eigenvalue weighted by Gasteiger charge is 2.11. The highest BCUT2D eigenvalue weighted by molar-refractivity contribution is 8.01. The van der Waals surface area contributed by atoms with Crippen LogP contribution >= 0.6 is 23.5 Å². The summed E-state index contributed by atoms with van der Waals surface area (Å²) in [5, 5.41) is 0.763. The van der Waals surface area contributed by atoms with Crippen molar-refractivity contribution in [3.63, 3.8) is 0 Å². The van der Waals surface area contributed by atoms with E-state index in [0.717, 1.165) is 10.7 Å². The van der Waals surface area contributed by atoms with Crippen LogP contribution in [0, 0.1) is 0 Å². The molecule has 0 unspecified atom stereocenters. The topological polar surface area (TPSA) is 12.0 Å². The van der Waals surface area contributed by atoms with Crippen LogP contribution in [0.1, 0.15) is 20.8 Å². The molecule has 0 fully saturated rings. The van der Waals surface area contributed by atoms with E-state index in [0.29, 0.717) is 0 Å². The molecule has 0 saturated carbocycles. The number of halogens is 1. The second-order valence-corrected chi connectivity index (χ2v) is 5.84. The van der Waals surface area contributed by atoms with Crippen LogP contribution < -0.4 is 4.72 Å². The van der Waals surface area contributed by atoms with Gasteiger partial charge in [0.2, 0.25) is 0 Å². The van der Waals surface area contributed by atoms with E-state index in [-0.39, 0.29) is 4.75 Å². The second-order valence-electron chi connectivity index (χ2n) is 3.80. The molecule has 1 rings (SSSR count). The van der Waals surface area contributed by atoms with Crippen molar-refractivity contribution < 1.29 is 0 Å². The summed E-state index contributed by atoms with van der Waals surface area (Å²) in [5.41, 5.74) is 0.976. The fourth-order valence-corrected chi connectivity index (χ4v) is 1.59. The van der Waals surface area contributed by atoms with Gasteiger partial charge in [0.05, 0.1) is 10.7 Å². The summed E-state index contributed by atoms with van der Waals surface area (Å²) >= 11 is 7.64. The lowest BCUT2D eigenvalue weighted by Gasteiger charge is -2.18. The first kappa shape index (κ1) is 10.7. The molecule has 0 aliphatic heterocycles. The number of rotatable bonds is 2. The maximum atomic E-state index is 5.98. The van der Waals surface area contributed by atoms with Crippen molar-refractivity contribution in [1.82, 2.24) is 0 Å². The van der Waals surface area contributed by atoms with E-state index in [2.05, 4.69) is 25.5 Å². The first-order valence-corrected chi connectivity index (χ1v) is 5.37. The molecule has 72 valence electrons. The third-order valence-electron chi connectivity index (χ3n) is 1.34. The fraction of sp³-hybridized carbons (Fsp3) is 0.400. The van der Waals surface area contributed by atoms with E-state index in [1.54, 1.807) is 11.9 Å². The van der Waals surface area contributed by atoms with Crippen LogP contribution in [0.4, 0.5) is 5.69 Å². The van der Waals surface area contributed by atoms with Crippen molar-refractivity contribution in [1.29, 1.82) is 0 Å². The Morgan fingerprint density at radius 3 is 2.38 bits per heavy atom. The Kier molecular flexibility index (Phi) is 3.51. The molecule has 3 heteroatoms. The van der Waals surface area contributed by atoms with Gasteiger partial charge in [0.1, 0.15) is 0 Å². The number of anilines is 1. The SMILES string of the molecule is CC(C)(C)SNc1ccccc1Cl. The Bertz CT molecular complexity index is 280. The van der Waals surface area contributed by atoms with Crippen LogP contribution in [0.15, 0.2) is 24.3 Å². The second kappa shape index (κ2) is 4.25.